The van der Waals surface area contributed by atoms with Gasteiger partial charge in [-0.05, 0) is 36.4 Å². The Morgan fingerprint density at radius 1 is 1.21 bits per heavy atom. The summed E-state index contributed by atoms with van der Waals surface area (Å²) in [6.07, 6.45) is 1.07. The molecule has 6 nitrogen and oxygen atoms in total. The number of benzene rings is 2. The van der Waals surface area contributed by atoms with E-state index in [9.17, 15) is 22.0 Å². The Balaban J connectivity index is 1.58. The molecule has 0 aliphatic heterocycles. The highest BCUT2D eigenvalue weighted by molar-refractivity contribution is 8.01. The molecule has 0 fully saturated rings. The lowest BCUT2D eigenvalue weighted by Gasteiger charge is -2.05. The average Bonchev–Trinajstić information content (AvgIpc) is 3.01. The summed E-state index contributed by atoms with van der Waals surface area (Å²) in [5.41, 5.74) is 1.20. The lowest BCUT2D eigenvalue weighted by molar-refractivity contribution is -0.118. The summed E-state index contributed by atoms with van der Waals surface area (Å²) in [5, 5.41) is 2.54. The zero-order chi connectivity index (χ0) is 20.3. The van der Waals surface area contributed by atoms with Crippen LogP contribution in [0.15, 0.2) is 40.7 Å². The number of halogens is 2. The summed E-state index contributed by atoms with van der Waals surface area (Å²) < 4.78 is 53.1. The van der Waals surface area contributed by atoms with E-state index in [0.29, 0.717) is 15.5 Å². The second kappa shape index (κ2) is 8.41. The maximum atomic E-state index is 13.6. The monoisotopic (exact) mass is 443 g/mol. The first kappa shape index (κ1) is 20.5. The SMILES string of the molecule is CS(=O)(=O)Nc1ccc2nc(SCC(=O)NCc3cc(F)ccc3F)sc2c1. The second-order valence-corrected chi connectivity index (χ2v) is 9.84. The molecule has 3 rings (SSSR count). The average molecular weight is 444 g/mol. The Labute approximate surface area is 168 Å². The Hall–Kier alpha value is -2.24. The van der Waals surface area contributed by atoms with Crippen LogP contribution in [-0.4, -0.2) is 31.3 Å². The minimum Gasteiger partial charge on any atom is -0.351 e. The number of sulfonamides is 1. The van der Waals surface area contributed by atoms with Crippen LogP contribution in [0.3, 0.4) is 0 Å². The van der Waals surface area contributed by atoms with Crippen molar-refractivity contribution in [1.82, 2.24) is 10.3 Å². The molecule has 2 aromatic carbocycles. The first-order valence-electron chi connectivity index (χ1n) is 7.91. The van der Waals surface area contributed by atoms with Crippen molar-refractivity contribution in [3.63, 3.8) is 0 Å². The van der Waals surface area contributed by atoms with Crippen molar-refractivity contribution in [1.29, 1.82) is 0 Å². The van der Waals surface area contributed by atoms with E-state index in [4.69, 9.17) is 0 Å². The number of rotatable bonds is 7. The topological polar surface area (TPSA) is 88.2 Å². The van der Waals surface area contributed by atoms with E-state index in [-0.39, 0.29) is 23.8 Å². The molecule has 28 heavy (non-hydrogen) atoms. The van der Waals surface area contributed by atoms with Crippen molar-refractivity contribution < 1.29 is 22.0 Å². The minimum absolute atomic E-state index is 0.0607. The van der Waals surface area contributed by atoms with Crippen molar-refractivity contribution in [3.8, 4) is 0 Å². The number of nitrogens with zero attached hydrogens (tertiary/aromatic N) is 1. The molecule has 3 aromatic rings. The van der Waals surface area contributed by atoms with Gasteiger partial charge in [0.1, 0.15) is 11.6 Å². The summed E-state index contributed by atoms with van der Waals surface area (Å²) in [6, 6.07) is 8.04. The van der Waals surface area contributed by atoms with Crippen LogP contribution in [0.1, 0.15) is 5.56 Å². The van der Waals surface area contributed by atoms with E-state index < -0.39 is 21.7 Å². The molecule has 1 amide bonds. The lowest BCUT2D eigenvalue weighted by atomic mass is 10.2. The number of nitrogens with one attached hydrogen (secondary N) is 2. The molecule has 0 unspecified atom stereocenters. The van der Waals surface area contributed by atoms with Crippen LogP contribution in [0.4, 0.5) is 14.5 Å². The third-order valence-electron chi connectivity index (χ3n) is 3.48. The van der Waals surface area contributed by atoms with Gasteiger partial charge in [0.2, 0.25) is 15.9 Å². The van der Waals surface area contributed by atoms with E-state index >= 15 is 0 Å². The molecule has 1 aromatic heterocycles. The van der Waals surface area contributed by atoms with Gasteiger partial charge in [-0.2, -0.15) is 0 Å². The number of anilines is 1. The Bertz CT molecular complexity index is 1130. The molecule has 0 spiro atoms. The number of hydrogen-bond acceptors (Lipinski definition) is 6. The molecule has 0 saturated carbocycles. The fourth-order valence-electron chi connectivity index (χ4n) is 2.29. The highest BCUT2D eigenvalue weighted by Gasteiger charge is 2.11. The molecule has 0 atom stereocenters. The summed E-state index contributed by atoms with van der Waals surface area (Å²) in [5.74, 6) is -1.43. The van der Waals surface area contributed by atoms with Gasteiger partial charge in [-0.1, -0.05) is 11.8 Å². The van der Waals surface area contributed by atoms with Gasteiger partial charge in [-0.3, -0.25) is 9.52 Å². The molecule has 0 radical (unpaired) electrons. The fourth-order valence-corrected chi connectivity index (χ4v) is 4.79. The highest BCUT2D eigenvalue weighted by Crippen LogP contribution is 2.31. The van der Waals surface area contributed by atoms with Crippen molar-refractivity contribution in [2.45, 2.75) is 10.9 Å². The van der Waals surface area contributed by atoms with Crippen molar-refractivity contribution in [2.75, 3.05) is 16.7 Å². The van der Waals surface area contributed by atoms with Gasteiger partial charge in [0.05, 0.1) is 27.9 Å². The number of thioether (sulfide) groups is 1. The van der Waals surface area contributed by atoms with Crippen molar-refractivity contribution in [2.24, 2.45) is 0 Å². The maximum Gasteiger partial charge on any atom is 0.230 e. The fraction of sp³-hybridized carbons (Fsp3) is 0.176. The zero-order valence-corrected chi connectivity index (χ0v) is 17.0. The number of carbonyl (C=O) groups is 1. The van der Waals surface area contributed by atoms with Crippen LogP contribution in [-0.2, 0) is 21.4 Å². The molecule has 0 aliphatic rings. The van der Waals surface area contributed by atoms with Gasteiger partial charge in [0, 0.05) is 12.1 Å². The quantitative estimate of drug-likeness (QED) is 0.547. The van der Waals surface area contributed by atoms with E-state index in [2.05, 4.69) is 15.0 Å². The van der Waals surface area contributed by atoms with Gasteiger partial charge in [0.25, 0.3) is 0 Å². The van der Waals surface area contributed by atoms with E-state index in [1.165, 1.54) is 23.1 Å². The highest BCUT2D eigenvalue weighted by atomic mass is 32.2. The second-order valence-electron chi connectivity index (χ2n) is 5.84. The summed E-state index contributed by atoms with van der Waals surface area (Å²) >= 11 is 2.53. The molecule has 0 aliphatic carbocycles. The largest absolute Gasteiger partial charge is 0.351 e. The van der Waals surface area contributed by atoms with Crippen LogP contribution in [0.5, 0.6) is 0 Å². The van der Waals surface area contributed by atoms with Crippen LogP contribution < -0.4 is 10.0 Å². The molecular formula is C17H15F2N3O3S3. The minimum atomic E-state index is -3.37. The van der Waals surface area contributed by atoms with Gasteiger partial charge in [-0.15, -0.1) is 11.3 Å². The number of thiazole rings is 1. The van der Waals surface area contributed by atoms with E-state index in [0.717, 1.165) is 29.2 Å². The van der Waals surface area contributed by atoms with Crippen LogP contribution >= 0.6 is 23.1 Å². The first-order valence-corrected chi connectivity index (χ1v) is 11.6. The standard InChI is InChI=1S/C17H15F2N3O3S3/c1-28(24,25)22-12-3-5-14-15(7-12)27-17(21-14)26-9-16(23)20-8-10-6-11(18)2-4-13(10)19/h2-7,22H,8-9H2,1H3,(H,20,23). The van der Waals surface area contributed by atoms with Gasteiger partial charge >= 0.3 is 0 Å². The molecule has 148 valence electrons. The van der Waals surface area contributed by atoms with Crippen molar-refractivity contribution >= 4 is 54.9 Å². The smallest absolute Gasteiger partial charge is 0.230 e. The predicted molar refractivity (Wildman–Crippen MR) is 107 cm³/mol. The molecular weight excluding hydrogens is 428 g/mol. The normalized spacial score (nSPS) is 11.5. The molecule has 11 heteroatoms. The zero-order valence-electron chi connectivity index (χ0n) is 14.5. The van der Waals surface area contributed by atoms with Crippen LogP contribution in [0.25, 0.3) is 10.2 Å². The summed E-state index contributed by atoms with van der Waals surface area (Å²) in [7, 11) is -3.37. The number of aromatic nitrogens is 1. The number of fused-ring (bicyclic) bond motifs is 1. The lowest BCUT2D eigenvalue weighted by Crippen LogP contribution is -2.25. The molecule has 1 heterocycles. The summed E-state index contributed by atoms with van der Waals surface area (Å²) in [6.45, 7) is -0.108. The third-order valence-corrected chi connectivity index (χ3v) is 6.25. The number of carbonyl (C=O) groups excluding carboxylic acids is 1. The third kappa shape index (κ3) is 5.63. The van der Waals surface area contributed by atoms with E-state index in [1.54, 1.807) is 18.2 Å². The first-order chi connectivity index (χ1) is 13.2. The van der Waals surface area contributed by atoms with E-state index in [1.807, 2.05) is 0 Å². The Morgan fingerprint density at radius 2 is 2.00 bits per heavy atom. The van der Waals surface area contributed by atoms with Crippen LogP contribution in [0.2, 0.25) is 0 Å². The molecule has 0 saturated heterocycles. The Kier molecular flexibility index (Phi) is 6.16. The number of hydrogen-bond donors (Lipinski definition) is 2. The van der Waals surface area contributed by atoms with Gasteiger partial charge < -0.3 is 5.32 Å². The van der Waals surface area contributed by atoms with Crippen molar-refractivity contribution in [3.05, 3.63) is 53.6 Å². The van der Waals surface area contributed by atoms with Crippen LogP contribution in [0, 0.1) is 11.6 Å². The van der Waals surface area contributed by atoms with Gasteiger partial charge in [-0.25, -0.2) is 22.2 Å². The van der Waals surface area contributed by atoms with Gasteiger partial charge in [0.15, 0.2) is 4.34 Å². The molecule has 2 N–H and O–H groups in total. The predicted octanol–water partition coefficient (Wildman–Crippen LogP) is 3.35. The molecule has 0 bridgehead atoms. The number of amides is 1. The summed E-state index contributed by atoms with van der Waals surface area (Å²) in [4.78, 5) is 16.3. The maximum absolute atomic E-state index is 13.6. The Morgan fingerprint density at radius 3 is 2.75 bits per heavy atom.